The van der Waals surface area contributed by atoms with Crippen molar-refractivity contribution in [1.82, 2.24) is 3.93 Å². The van der Waals surface area contributed by atoms with Crippen LogP contribution in [-0.2, 0) is 0 Å². The molecule has 0 bridgehead atoms. The normalized spacial score (nSPS) is 18.3. The van der Waals surface area contributed by atoms with Crippen LogP contribution in [0.5, 0.6) is 0 Å². The minimum Gasteiger partial charge on any atom is -0.287 e. The first-order chi connectivity index (χ1) is 8.84. The summed E-state index contributed by atoms with van der Waals surface area (Å²) < 4.78 is 1.94. The van der Waals surface area contributed by atoms with Crippen molar-refractivity contribution in [1.29, 1.82) is 0 Å². The quantitative estimate of drug-likeness (QED) is 0.737. The Morgan fingerprint density at radius 1 is 1.11 bits per heavy atom. The number of hydrogen-bond acceptors (Lipinski definition) is 3. The molecule has 1 unspecified atom stereocenters. The highest BCUT2D eigenvalue weighted by atomic mass is 79.9. The van der Waals surface area contributed by atoms with Gasteiger partial charge >= 0.3 is 0 Å². The van der Waals surface area contributed by atoms with Gasteiger partial charge < -0.3 is 0 Å². The molecule has 0 spiro atoms. The highest BCUT2D eigenvalue weighted by Gasteiger charge is 2.18. The molecule has 0 saturated carbocycles. The summed E-state index contributed by atoms with van der Waals surface area (Å²) in [7, 11) is 0. The number of allylic oxidation sites excluding steroid dienone is 1. The number of nitrogens with zero attached hydrogens (tertiary/aromatic N) is 2. The number of hydrogen-bond donors (Lipinski definition) is 0. The standard InChI is InChI=1S/C14H11BrN2S/c15-17-10-4-9-16-14(17)13-8-7-12(18-13)11-5-2-1-3-6-11/h1-10,14H. The van der Waals surface area contributed by atoms with Crippen LogP contribution in [0.4, 0.5) is 0 Å². The van der Waals surface area contributed by atoms with Gasteiger partial charge in [0.15, 0.2) is 6.17 Å². The van der Waals surface area contributed by atoms with E-state index in [9.17, 15) is 0 Å². The summed E-state index contributed by atoms with van der Waals surface area (Å²) in [6, 6.07) is 14.7. The predicted octanol–water partition coefficient (Wildman–Crippen LogP) is 4.62. The van der Waals surface area contributed by atoms with E-state index in [1.165, 1.54) is 15.3 Å². The fraction of sp³-hybridized carbons (Fsp3) is 0.0714. The summed E-state index contributed by atoms with van der Waals surface area (Å²) in [6.45, 7) is 0. The molecule has 3 rings (SSSR count). The lowest BCUT2D eigenvalue weighted by Crippen LogP contribution is -2.12. The third-order valence-corrected chi connectivity index (χ3v) is 4.51. The zero-order valence-electron chi connectivity index (χ0n) is 9.53. The maximum Gasteiger partial charge on any atom is 0.165 e. The Bertz CT molecular complexity index is 589. The largest absolute Gasteiger partial charge is 0.287 e. The van der Waals surface area contributed by atoms with Crippen LogP contribution in [0.15, 0.2) is 59.7 Å². The molecule has 1 aliphatic heterocycles. The summed E-state index contributed by atoms with van der Waals surface area (Å²) in [6.07, 6.45) is 5.76. The SMILES string of the molecule is BrN1C=CC=NC1c1ccc(-c2ccccc2)s1. The van der Waals surface area contributed by atoms with E-state index in [-0.39, 0.29) is 6.17 Å². The molecule has 0 radical (unpaired) electrons. The van der Waals surface area contributed by atoms with Crippen LogP contribution in [0, 0.1) is 0 Å². The van der Waals surface area contributed by atoms with Crippen LogP contribution >= 0.6 is 27.5 Å². The fourth-order valence-electron chi connectivity index (χ4n) is 1.84. The van der Waals surface area contributed by atoms with Gasteiger partial charge in [0, 0.05) is 17.3 Å². The number of aliphatic imine (C=N–C) groups is 1. The van der Waals surface area contributed by atoms with Crippen LogP contribution in [0.1, 0.15) is 11.0 Å². The molecular formula is C14H11BrN2S. The van der Waals surface area contributed by atoms with E-state index in [0.717, 1.165) is 0 Å². The van der Waals surface area contributed by atoms with Crippen molar-refractivity contribution in [3.8, 4) is 10.4 Å². The Morgan fingerprint density at radius 3 is 2.72 bits per heavy atom. The van der Waals surface area contributed by atoms with Gasteiger partial charge in [-0.15, -0.1) is 11.3 Å². The van der Waals surface area contributed by atoms with Gasteiger partial charge in [0.1, 0.15) is 0 Å². The Labute approximate surface area is 119 Å². The molecule has 1 aliphatic rings. The van der Waals surface area contributed by atoms with Gasteiger partial charge in [-0.3, -0.25) is 8.92 Å². The molecular weight excluding hydrogens is 308 g/mol. The van der Waals surface area contributed by atoms with Gasteiger partial charge in [-0.2, -0.15) is 0 Å². The van der Waals surface area contributed by atoms with Gasteiger partial charge in [-0.1, -0.05) is 30.3 Å². The molecule has 0 saturated heterocycles. The molecule has 2 aromatic rings. The average molecular weight is 319 g/mol. The molecule has 0 amide bonds. The molecule has 1 aromatic carbocycles. The van der Waals surface area contributed by atoms with Crippen LogP contribution in [0.25, 0.3) is 10.4 Å². The van der Waals surface area contributed by atoms with Crippen LogP contribution in [-0.4, -0.2) is 10.1 Å². The molecule has 0 N–H and O–H groups in total. The van der Waals surface area contributed by atoms with E-state index in [2.05, 4.69) is 57.5 Å². The minimum atomic E-state index is 0.0393. The number of rotatable bonds is 2. The van der Waals surface area contributed by atoms with Crippen molar-refractivity contribution in [2.75, 3.05) is 0 Å². The second kappa shape index (κ2) is 5.08. The van der Waals surface area contributed by atoms with E-state index in [0.29, 0.717) is 0 Å². The smallest absolute Gasteiger partial charge is 0.165 e. The summed E-state index contributed by atoms with van der Waals surface area (Å²) in [5.41, 5.74) is 1.25. The third kappa shape index (κ3) is 2.26. The zero-order valence-corrected chi connectivity index (χ0v) is 11.9. The van der Waals surface area contributed by atoms with Crippen molar-refractivity contribution >= 4 is 33.7 Å². The lowest BCUT2D eigenvalue weighted by Gasteiger charge is -2.21. The number of halogens is 1. The van der Waals surface area contributed by atoms with E-state index < -0.39 is 0 Å². The first kappa shape index (κ1) is 11.7. The fourth-order valence-corrected chi connectivity index (χ4v) is 3.50. The van der Waals surface area contributed by atoms with Crippen molar-refractivity contribution in [2.24, 2.45) is 4.99 Å². The molecule has 1 atom stereocenters. The highest BCUT2D eigenvalue weighted by molar-refractivity contribution is 9.07. The van der Waals surface area contributed by atoms with Gasteiger partial charge in [-0.05, 0) is 23.8 Å². The summed E-state index contributed by atoms with van der Waals surface area (Å²) in [5, 5.41) is 0. The molecule has 4 heteroatoms. The second-order valence-electron chi connectivity index (χ2n) is 3.93. The number of thiophene rings is 1. The maximum absolute atomic E-state index is 4.47. The molecule has 18 heavy (non-hydrogen) atoms. The monoisotopic (exact) mass is 318 g/mol. The number of benzene rings is 1. The van der Waals surface area contributed by atoms with Gasteiger partial charge in [0.25, 0.3) is 0 Å². The van der Waals surface area contributed by atoms with Crippen LogP contribution in [0.3, 0.4) is 0 Å². The molecule has 2 heterocycles. The first-order valence-corrected chi connectivity index (χ1v) is 7.16. The molecule has 0 fully saturated rings. The third-order valence-electron chi connectivity index (χ3n) is 2.72. The molecule has 0 aliphatic carbocycles. The van der Waals surface area contributed by atoms with Crippen molar-refractivity contribution in [3.63, 3.8) is 0 Å². The lowest BCUT2D eigenvalue weighted by molar-refractivity contribution is 0.494. The average Bonchev–Trinajstić information content (AvgIpc) is 2.90. The highest BCUT2D eigenvalue weighted by Crippen LogP contribution is 2.36. The Morgan fingerprint density at radius 2 is 1.94 bits per heavy atom. The van der Waals surface area contributed by atoms with Crippen molar-refractivity contribution in [2.45, 2.75) is 6.17 Å². The molecule has 2 nitrogen and oxygen atoms in total. The first-order valence-electron chi connectivity index (χ1n) is 5.64. The zero-order chi connectivity index (χ0) is 12.4. The lowest BCUT2D eigenvalue weighted by atomic mass is 10.2. The van der Waals surface area contributed by atoms with E-state index in [1.54, 1.807) is 11.3 Å². The predicted molar refractivity (Wildman–Crippen MR) is 80.9 cm³/mol. The van der Waals surface area contributed by atoms with Crippen molar-refractivity contribution < 1.29 is 0 Å². The van der Waals surface area contributed by atoms with Gasteiger partial charge in [0.05, 0.1) is 21.0 Å². The Balaban J connectivity index is 1.90. The van der Waals surface area contributed by atoms with Gasteiger partial charge in [0.2, 0.25) is 0 Å². The molecule has 1 aromatic heterocycles. The summed E-state index contributed by atoms with van der Waals surface area (Å²) in [5.74, 6) is 0. The van der Waals surface area contributed by atoms with E-state index >= 15 is 0 Å². The van der Waals surface area contributed by atoms with Crippen molar-refractivity contribution in [3.05, 3.63) is 59.6 Å². The van der Waals surface area contributed by atoms with Gasteiger partial charge in [-0.25, -0.2) is 0 Å². The van der Waals surface area contributed by atoms with E-state index in [1.807, 2.05) is 28.5 Å². The van der Waals surface area contributed by atoms with Crippen LogP contribution in [0.2, 0.25) is 0 Å². The summed E-state index contributed by atoms with van der Waals surface area (Å²) >= 11 is 5.27. The van der Waals surface area contributed by atoms with E-state index in [4.69, 9.17) is 0 Å². The topological polar surface area (TPSA) is 15.6 Å². The molecule has 90 valence electrons. The minimum absolute atomic E-state index is 0.0393. The Kier molecular flexibility index (Phi) is 3.30. The maximum atomic E-state index is 4.47. The Hall–Kier alpha value is -1.39. The van der Waals surface area contributed by atoms with Crippen LogP contribution < -0.4 is 0 Å². The second-order valence-corrected chi connectivity index (χ2v) is 5.86. The summed E-state index contributed by atoms with van der Waals surface area (Å²) in [4.78, 5) is 6.97.